The molecule has 0 spiro atoms. The van der Waals surface area contributed by atoms with Crippen molar-refractivity contribution >= 4 is 21.5 Å². The second-order valence-electron chi connectivity index (χ2n) is 5.40. The fourth-order valence-electron chi connectivity index (χ4n) is 2.40. The molecule has 0 saturated heterocycles. The summed E-state index contributed by atoms with van der Waals surface area (Å²) < 4.78 is 29.0. The molecule has 1 fully saturated rings. The molecular formula is C13H18N4O2S. The van der Waals surface area contributed by atoms with Gasteiger partial charge in [0.05, 0.1) is 0 Å². The Hall–Kier alpha value is -1.60. The number of hydrogen-bond donors (Lipinski definition) is 2. The molecule has 0 bridgehead atoms. The molecule has 3 rings (SSSR count). The normalized spacial score (nSPS) is 17.4. The zero-order valence-electron chi connectivity index (χ0n) is 11.3. The van der Waals surface area contributed by atoms with E-state index in [0.717, 1.165) is 0 Å². The number of nitrogens with two attached hydrogens (primary N) is 1. The summed E-state index contributed by atoms with van der Waals surface area (Å²) in [7, 11) is -3.65. The summed E-state index contributed by atoms with van der Waals surface area (Å²) in [6, 6.07) is 5.27. The average molecular weight is 294 g/mol. The average Bonchev–Trinajstić information content (AvgIpc) is 3.18. The van der Waals surface area contributed by atoms with Crippen molar-refractivity contribution in [3.05, 3.63) is 24.4 Å². The first-order chi connectivity index (χ1) is 9.49. The highest BCUT2D eigenvalue weighted by Crippen LogP contribution is 2.36. The van der Waals surface area contributed by atoms with Crippen molar-refractivity contribution < 1.29 is 8.42 Å². The van der Waals surface area contributed by atoms with Gasteiger partial charge in [0.15, 0.2) is 10.8 Å². The van der Waals surface area contributed by atoms with Crippen LogP contribution in [0.4, 0.5) is 5.82 Å². The van der Waals surface area contributed by atoms with E-state index >= 15 is 0 Å². The van der Waals surface area contributed by atoms with Crippen LogP contribution in [-0.2, 0) is 10.0 Å². The van der Waals surface area contributed by atoms with E-state index in [1.807, 2.05) is 0 Å². The lowest BCUT2D eigenvalue weighted by molar-refractivity contribution is 0.491. The van der Waals surface area contributed by atoms with E-state index < -0.39 is 10.0 Å². The Morgan fingerprint density at radius 3 is 2.95 bits per heavy atom. The van der Waals surface area contributed by atoms with E-state index in [9.17, 15) is 8.42 Å². The number of nitrogens with one attached hydrogen (secondary N) is 1. The van der Waals surface area contributed by atoms with Gasteiger partial charge in [0.1, 0.15) is 5.65 Å². The SMILES string of the molecule is CC(CNS(=O)(=O)c1c(N)nc2ccccn12)C1CC1. The van der Waals surface area contributed by atoms with Crippen LogP contribution in [0.5, 0.6) is 0 Å². The Kier molecular flexibility index (Phi) is 3.18. The highest BCUT2D eigenvalue weighted by Gasteiger charge is 2.30. The van der Waals surface area contributed by atoms with Gasteiger partial charge in [-0.2, -0.15) is 0 Å². The quantitative estimate of drug-likeness (QED) is 0.868. The van der Waals surface area contributed by atoms with E-state index in [1.165, 1.54) is 17.2 Å². The van der Waals surface area contributed by atoms with Gasteiger partial charge in [-0.3, -0.25) is 4.40 Å². The second kappa shape index (κ2) is 4.75. The predicted octanol–water partition coefficient (Wildman–Crippen LogP) is 1.24. The number of nitrogen functional groups attached to an aromatic ring is 1. The van der Waals surface area contributed by atoms with Gasteiger partial charge >= 0.3 is 0 Å². The molecule has 0 aromatic carbocycles. The first-order valence-corrected chi connectivity index (χ1v) is 8.19. The molecule has 6 nitrogen and oxygen atoms in total. The van der Waals surface area contributed by atoms with Crippen molar-refractivity contribution in [2.75, 3.05) is 12.3 Å². The van der Waals surface area contributed by atoms with Crippen LogP contribution in [0.25, 0.3) is 5.65 Å². The van der Waals surface area contributed by atoms with Crippen molar-refractivity contribution in [1.82, 2.24) is 14.1 Å². The molecule has 108 valence electrons. The van der Waals surface area contributed by atoms with Gasteiger partial charge in [-0.05, 0) is 36.8 Å². The van der Waals surface area contributed by atoms with Crippen molar-refractivity contribution in [2.24, 2.45) is 11.8 Å². The fourth-order valence-corrected chi connectivity index (χ4v) is 3.75. The lowest BCUT2D eigenvalue weighted by Crippen LogP contribution is -2.30. The maximum Gasteiger partial charge on any atom is 0.260 e. The molecule has 1 atom stereocenters. The van der Waals surface area contributed by atoms with Crippen LogP contribution >= 0.6 is 0 Å². The Morgan fingerprint density at radius 2 is 2.25 bits per heavy atom. The van der Waals surface area contributed by atoms with Crippen LogP contribution in [0, 0.1) is 11.8 Å². The number of rotatable bonds is 5. The van der Waals surface area contributed by atoms with Crippen LogP contribution in [0.3, 0.4) is 0 Å². The fraction of sp³-hybridized carbons (Fsp3) is 0.462. The highest BCUT2D eigenvalue weighted by molar-refractivity contribution is 7.89. The molecule has 0 radical (unpaired) electrons. The van der Waals surface area contributed by atoms with Gasteiger partial charge in [0, 0.05) is 12.7 Å². The van der Waals surface area contributed by atoms with Crippen LogP contribution in [0.2, 0.25) is 0 Å². The van der Waals surface area contributed by atoms with Crippen molar-refractivity contribution in [3.63, 3.8) is 0 Å². The van der Waals surface area contributed by atoms with E-state index in [2.05, 4.69) is 16.6 Å². The molecule has 0 aliphatic heterocycles. The number of anilines is 1. The molecule has 1 aliphatic rings. The number of nitrogens with zero attached hydrogens (tertiary/aromatic N) is 2. The Labute approximate surface area is 118 Å². The molecule has 1 aliphatic carbocycles. The van der Waals surface area contributed by atoms with Crippen LogP contribution < -0.4 is 10.5 Å². The molecule has 1 saturated carbocycles. The molecule has 2 aromatic heterocycles. The molecule has 1 unspecified atom stereocenters. The van der Waals surface area contributed by atoms with Crippen LogP contribution in [-0.4, -0.2) is 24.3 Å². The zero-order chi connectivity index (χ0) is 14.3. The van der Waals surface area contributed by atoms with Crippen LogP contribution in [0.1, 0.15) is 19.8 Å². The van der Waals surface area contributed by atoms with Crippen molar-refractivity contribution in [2.45, 2.75) is 24.8 Å². The molecule has 3 N–H and O–H groups in total. The Balaban J connectivity index is 1.90. The molecule has 20 heavy (non-hydrogen) atoms. The lowest BCUT2D eigenvalue weighted by Gasteiger charge is -2.12. The molecular weight excluding hydrogens is 276 g/mol. The van der Waals surface area contributed by atoms with Crippen LogP contribution in [0.15, 0.2) is 29.4 Å². The second-order valence-corrected chi connectivity index (χ2v) is 7.08. The van der Waals surface area contributed by atoms with E-state index in [4.69, 9.17) is 5.73 Å². The summed E-state index contributed by atoms with van der Waals surface area (Å²) in [5, 5.41) is 0.0242. The predicted molar refractivity (Wildman–Crippen MR) is 76.7 cm³/mol. The minimum atomic E-state index is -3.65. The largest absolute Gasteiger partial charge is 0.381 e. The van der Waals surface area contributed by atoms with Crippen molar-refractivity contribution in [1.29, 1.82) is 0 Å². The third-order valence-corrected chi connectivity index (χ3v) is 5.25. The minimum Gasteiger partial charge on any atom is -0.381 e. The van der Waals surface area contributed by atoms with Gasteiger partial charge in [-0.25, -0.2) is 18.1 Å². The van der Waals surface area contributed by atoms with Gasteiger partial charge in [-0.15, -0.1) is 0 Å². The standard InChI is InChI=1S/C13H18N4O2S/c1-9(10-5-6-10)8-15-20(18,19)13-12(14)16-11-4-2-3-7-17(11)13/h2-4,7,9-10,15H,5-6,8,14H2,1H3. The van der Waals surface area contributed by atoms with Crippen molar-refractivity contribution in [3.8, 4) is 0 Å². The first kappa shape index (κ1) is 13.4. The summed E-state index contributed by atoms with van der Waals surface area (Å²) in [5.41, 5.74) is 6.30. The maximum absolute atomic E-state index is 12.4. The smallest absolute Gasteiger partial charge is 0.260 e. The molecule has 0 amide bonds. The monoisotopic (exact) mass is 294 g/mol. The van der Waals surface area contributed by atoms with Gasteiger partial charge in [0.2, 0.25) is 0 Å². The third kappa shape index (κ3) is 2.38. The topological polar surface area (TPSA) is 89.5 Å². The van der Waals surface area contributed by atoms with E-state index in [-0.39, 0.29) is 10.8 Å². The van der Waals surface area contributed by atoms with Gasteiger partial charge in [-0.1, -0.05) is 13.0 Å². The number of pyridine rings is 1. The number of imidazole rings is 1. The van der Waals surface area contributed by atoms with Gasteiger partial charge < -0.3 is 5.73 Å². The summed E-state index contributed by atoms with van der Waals surface area (Å²) in [5.74, 6) is 1.03. The molecule has 2 heterocycles. The number of sulfonamides is 1. The van der Waals surface area contributed by atoms with E-state index in [1.54, 1.807) is 24.4 Å². The molecule has 7 heteroatoms. The summed E-state index contributed by atoms with van der Waals surface area (Å²) in [6.07, 6.45) is 4.04. The lowest BCUT2D eigenvalue weighted by atomic mass is 10.1. The molecule has 2 aromatic rings. The Morgan fingerprint density at radius 1 is 1.50 bits per heavy atom. The van der Waals surface area contributed by atoms with Gasteiger partial charge in [0.25, 0.3) is 10.0 Å². The zero-order valence-corrected chi connectivity index (χ0v) is 12.1. The summed E-state index contributed by atoms with van der Waals surface area (Å²) in [6.45, 7) is 2.50. The van der Waals surface area contributed by atoms with E-state index in [0.29, 0.717) is 24.0 Å². The summed E-state index contributed by atoms with van der Waals surface area (Å²) in [4.78, 5) is 4.08. The third-order valence-electron chi connectivity index (χ3n) is 3.79. The summed E-state index contributed by atoms with van der Waals surface area (Å²) >= 11 is 0. The number of aromatic nitrogens is 2. The maximum atomic E-state index is 12.4. The first-order valence-electron chi connectivity index (χ1n) is 6.71. The number of hydrogen-bond acceptors (Lipinski definition) is 4. The minimum absolute atomic E-state index is 0.0242. The number of fused-ring (bicyclic) bond motifs is 1. The Bertz CT molecular complexity index is 734. The highest BCUT2D eigenvalue weighted by atomic mass is 32.2.